The number of carbonyl (C=O) groups excluding carboxylic acids is 1. The summed E-state index contributed by atoms with van der Waals surface area (Å²) in [7, 11) is 5.12. The van der Waals surface area contributed by atoms with Crippen LogP contribution in [0.2, 0.25) is 5.02 Å². The van der Waals surface area contributed by atoms with Gasteiger partial charge in [-0.3, -0.25) is 4.79 Å². The molecule has 0 radical (unpaired) electrons. The van der Waals surface area contributed by atoms with Crippen LogP contribution in [0.4, 0.5) is 5.69 Å². The first-order valence-electron chi connectivity index (χ1n) is 8.78. The third kappa shape index (κ3) is 6.91. The van der Waals surface area contributed by atoms with Crippen LogP contribution in [0, 0.1) is 0 Å². The Morgan fingerprint density at radius 3 is 2.81 bits per heavy atom. The molecule has 1 saturated heterocycles. The molecular formula is C18H29ClIN5O2. The van der Waals surface area contributed by atoms with E-state index in [9.17, 15) is 4.79 Å². The Labute approximate surface area is 183 Å². The van der Waals surface area contributed by atoms with Gasteiger partial charge in [-0.2, -0.15) is 0 Å². The van der Waals surface area contributed by atoms with Gasteiger partial charge < -0.3 is 25.2 Å². The van der Waals surface area contributed by atoms with E-state index in [0.29, 0.717) is 11.0 Å². The van der Waals surface area contributed by atoms with Gasteiger partial charge in [-0.05, 0) is 31.5 Å². The number of nitrogens with one attached hydrogen (secondary N) is 2. The second-order valence-electron chi connectivity index (χ2n) is 6.38. The average Bonchev–Trinajstić information content (AvgIpc) is 3.07. The SMILES string of the molecule is CCNC(=NCC(=O)N(C)C)NC1CCN(c2cc(Cl)ccc2OC)C1.I. The number of methoxy groups -OCH3 is 1. The van der Waals surface area contributed by atoms with Crippen LogP contribution in [0.3, 0.4) is 0 Å². The second-order valence-corrected chi connectivity index (χ2v) is 6.81. The standard InChI is InChI=1S/C18H28ClN5O2.HI/c1-5-20-18(21-11-17(25)23(2)3)22-14-8-9-24(12-14)15-10-13(19)6-7-16(15)26-4;/h6-7,10,14H,5,8-9,11-12H2,1-4H3,(H2,20,21,22);1H. The summed E-state index contributed by atoms with van der Waals surface area (Å²) in [5.41, 5.74) is 0.994. The van der Waals surface area contributed by atoms with Crippen LogP contribution in [0.1, 0.15) is 13.3 Å². The van der Waals surface area contributed by atoms with Gasteiger partial charge in [0.25, 0.3) is 0 Å². The van der Waals surface area contributed by atoms with Gasteiger partial charge in [0.15, 0.2) is 5.96 Å². The molecule has 1 aromatic rings. The number of guanidine groups is 1. The van der Waals surface area contributed by atoms with Crippen molar-refractivity contribution in [3.63, 3.8) is 0 Å². The number of hydrogen-bond acceptors (Lipinski definition) is 4. The molecule has 2 N–H and O–H groups in total. The lowest BCUT2D eigenvalue weighted by molar-refractivity contribution is -0.127. The molecule has 9 heteroatoms. The molecule has 1 fully saturated rings. The highest BCUT2D eigenvalue weighted by atomic mass is 127. The Bertz CT molecular complexity index is 657. The molecule has 2 rings (SSSR count). The number of benzene rings is 1. The molecule has 1 aliphatic heterocycles. The van der Waals surface area contributed by atoms with E-state index < -0.39 is 0 Å². The van der Waals surface area contributed by atoms with Crippen molar-refractivity contribution in [2.45, 2.75) is 19.4 Å². The van der Waals surface area contributed by atoms with Gasteiger partial charge in [0.2, 0.25) is 5.91 Å². The smallest absolute Gasteiger partial charge is 0.243 e. The van der Waals surface area contributed by atoms with Gasteiger partial charge in [0.05, 0.1) is 12.8 Å². The Balaban J connectivity index is 0.00000364. The zero-order valence-corrected chi connectivity index (χ0v) is 19.4. The lowest BCUT2D eigenvalue weighted by Gasteiger charge is -2.22. The van der Waals surface area contributed by atoms with E-state index in [4.69, 9.17) is 16.3 Å². The highest BCUT2D eigenvalue weighted by Gasteiger charge is 2.25. The largest absolute Gasteiger partial charge is 0.495 e. The normalized spacial score (nSPS) is 16.6. The Hall–Kier alpha value is -1.42. The van der Waals surface area contributed by atoms with Gasteiger partial charge in [-0.1, -0.05) is 11.6 Å². The van der Waals surface area contributed by atoms with Gasteiger partial charge >= 0.3 is 0 Å². The number of carbonyl (C=O) groups is 1. The van der Waals surface area contributed by atoms with Crippen LogP contribution >= 0.6 is 35.6 Å². The minimum atomic E-state index is -0.0288. The van der Waals surface area contributed by atoms with Crippen molar-refractivity contribution >= 4 is 53.1 Å². The summed E-state index contributed by atoms with van der Waals surface area (Å²) >= 11 is 6.15. The van der Waals surface area contributed by atoms with E-state index in [1.807, 2.05) is 25.1 Å². The lowest BCUT2D eigenvalue weighted by Crippen LogP contribution is -2.45. The van der Waals surface area contributed by atoms with Gasteiger partial charge in [-0.25, -0.2) is 4.99 Å². The molecule has 1 atom stereocenters. The van der Waals surface area contributed by atoms with E-state index >= 15 is 0 Å². The molecule has 1 heterocycles. The first-order chi connectivity index (χ1) is 12.4. The molecule has 1 amide bonds. The van der Waals surface area contributed by atoms with Crippen LogP contribution in [0.5, 0.6) is 5.75 Å². The molecule has 1 unspecified atom stereocenters. The number of nitrogens with zero attached hydrogens (tertiary/aromatic N) is 3. The number of likely N-dealkylation sites (N-methyl/N-ethyl adjacent to an activating group) is 1. The van der Waals surface area contributed by atoms with Crippen molar-refractivity contribution in [1.29, 1.82) is 0 Å². The number of anilines is 1. The number of halogens is 2. The molecular weight excluding hydrogens is 481 g/mol. The van der Waals surface area contributed by atoms with Crippen molar-refractivity contribution in [3.05, 3.63) is 23.2 Å². The van der Waals surface area contributed by atoms with E-state index in [1.54, 1.807) is 21.2 Å². The minimum absolute atomic E-state index is 0. The van der Waals surface area contributed by atoms with E-state index in [2.05, 4.69) is 20.5 Å². The molecule has 0 aliphatic carbocycles. The van der Waals surface area contributed by atoms with E-state index in [-0.39, 0.29) is 42.5 Å². The van der Waals surface area contributed by atoms with E-state index in [1.165, 1.54) is 4.90 Å². The summed E-state index contributed by atoms with van der Waals surface area (Å²) in [5.74, 6) is 1.44. The average molecular weight is 510 g/mol. The maximum atomic E-state index is 11.8. The van der Waals surface area contributed by atoms with Crippen molar-refractivity contribution in [1.82, 2.24) is 15.5 Å². The molecule has 7 nitrogen and oxygen atoms in total. The van der Waals surface area contributed by atoms with Gasteiger partial charge in [0, 0.05) is 44.8 Å². The number of ether oxygens (including phenoxy) is 1. The van der Waals surface area contributed by atoms with Gasteiger partial charge in [-0.15, -0.1) is 24.0 Å². The third-order valence-electron chi connectivity index (χ3n) is 4.23. The third-order valence-corrected chi connectivity index (χ3v) is 4.46. The Morgan fingerprint density at radius 2 is 2.19 bits per heavy atom. The molecule has 0 saturated carbocycles. The Morgan fingerprint density at radius 1 is 1.44 bits per heavy atom. The number of rotatable bonds is 6. The summed E-state index contributed by atoms with van der Waals surface area (Å²) < 4.78 is 5.46. The maximum Gasteiger partial charge on any atom is 0.243 e. The molecule has 27 heavy (non-hydrogen) atoms. The van der Waals surface area contributed by atoms with Gasteiger partial charge in [0.1, 0.15) is 12.3 Å². The first-order valence-corrected chi connectivity index (χ1v) is 9.15. The molecule has 0 bridgehead atoms. The van der Waals surface area contributed by atoms with Crippen molar-refractivity contribution in [2.24, 2.45) is 4.99 Å². The molecule has 1 aliphatic rings. The number of hydrogen-bond donors (Lipinski definition) is 2. The zero-order valence-electron chi connectivity index (χ0n) is 16.3. The van der Waals surface area contributed by atoms with Crippen LogP contribution in [0.25, 0.3) is 0 Å². The fraction of sp³-hybridized carbons (Fsp3) is 0.556. The number of aliphatic imine (C=N–C) groups is 1. The summed E-state index contributed by atoms with van der Waals surface area (Å²) in [6.07, 6.45) is 0.960. The highest BCUT2D eigenvalue weighted by molar-refractivity contribution is 14.0. The summed E-state index contributed by atoms with van der Waals surface area (Å²) in [6.45, 7) is 4.57. The molecule has 152 valence electrons. The van der Waals surface area contributed by atoms with Crippen LogP contribution in [-0.4, -0.2) is 70.2 Å². The molecule has 1 aromatic carbocycles. The zero-order chi connectivity index (χ0) is 19.1. The monoisotopic (exact) mass is 509 g/mol. The highest BCUT2D eigenvalue weighted by Crippen LogP contribution is 2.33. The van der Waals surface area contributed by atoms with E-state index in [0.717, 1.165) is 37.5 Å². The van der Waals surface area contributed by atoms with Crippen molar-refractivity contribution in [2.75, 3.05) is 52.3 Å². The Kier molecular flexibility index (Phi) is 10.00. The van der Waals surface area contributed by atoms with Crippen LogP contribution in [0.15, 0.2) is 23.2 Å². The fourth-order valence-corrected chi connectivity index (χ4v) is 2.97. The van der Waals surface area contributed by atoms with Crippen molar-refractivity contribution in [3.8, 4) is 5.75 Å². The summed E-state index contributed by atoms with van der Waals surface area (Å²) in [5, 5.41) is 7.30. The predicted octanol–water partition coefficient (Wildman–Crippen LogP) is 2.19. The first kappa shape index (κ1) is 23.6. The minimum Gasteiger partial charge on any atom is -0.495 e. The van der Waals surface area contributed by atoms with Crippen LogP contribution < -0.4 is 20.3 Å². The molecule has 0 aromatic heterocycles. The van der Waals surface area contributed by atoms with Crippen LogP contribution in [-0.2, 0) is 4.79 Å². The quantitative estimate of drug-likeness (QED) is 0.350. The summed E-state index contributed by atoms with van der Waals surface area (Å²) in [4.78, 5) is 19.9. The molecule has 0 spiro atoms. The fourth-order valence-electron chi connectivity index (χ4n) is 2.81. The predicted molar refractivity (Wildman–Crippen MR) is 122 cm³/mol. The topological polar surface area (TPSA) is 69.2 Å². The second kappa shape index (κ2) is 11.4. The lowest BCUT2D eigenvalue weighted by atomic mass is 10.2. The summed E-state index contributed by atoms with van der Waals surface area (Å²) in [6, 6.07) is 5.87. The van der Waals surface area contributed by atoms with Crippen molar-refractivity contribution < 1.29 is 9.53 Å². The number of amides is 1. The maximum absolute atomic E-state index is 11.8.